The molecule has 30 heavy (non-hydrogen) atoms. The van der Waals surface area contributed by atoms with Crippen LogP contribution >= 0.6 is 0 Å². The highest BCUT2D eigenvalue weighted by atomic mass is 19.3. The van der Waals surface area contributed by atoms with Crippen LogP contribution in [-0.4, -0.2) is 55.1 Å². The minimum Gasteiger partial charge on any atom is -0.452 e. The topological polar surface area (TPSA) is 72.0 Å². The molecule has 0 saturated carbocycles. The van der Waals surface area contributed by atoms with Crippen LogP contribution in [0.1, 0.15) is 28.8 Å². The molecule has 2 heterocycles. The van der Waals surface area contributed by atoms with Crippen LogP contribution < -0.4 is 9.64 Å². The first-order chi connectivity index (χ1) is 14.4. The van der Waals surface area contributed by atoms with Crippen molar-refractivity contribution in [2.75, 3.05) is 31.6 Å². The molecule has 3 rings (SSSR count). The summed E-state index contributed by atoms with van der Waals surface area (Å²) >= 11 is 0. The molecule has 0 radical (unpaired) electrons. The number of esters is 1. The second kappa shape index (κ2) is 10.00. The first kappa shape index (κ1) is 21.5. The van der Waals surface area contributed by atoms with E-state index in [1.165, 1.54) is 17.0 Å². The first-order valence-corrected chi connectivity index (χ1v) is 9.59. The lowest BCUT2D eigenvalue weighted by atomic mass is 10.2. The number of amides is 1. The molecule has 160 valence electrons. The standard InChI is InChI=1S/C21H23F2N3O4/c1-25(13-15-6-8-16(9-7-15)30-21(22)23)18(27)14-29-20(28)17-5-4-10-24-19(17)26-11-2-3-12-26/h4-10,21H,2-3,11-14H2,1H3. The lowest BCUT2D eigenvalue weighted by molar-refractivity contribution is -0.133. The molecule has 1 aromatic carbocycles. The molecule has 2 aromatic rings. The van der Waals surface area contributed by atoms with Crippen LogP contribution in [0.4, 0.5) is 14.6 Å². The van der Waals surface area contributed by atoms with Crippen molar-refractivity contribution >= 4 is 17.7 Å². The lowest BCUT2D eigenvalue weighted by Gasteiger charge is -2.20. The number of ether oxygens (including phenoxy) is 2. The molecule has 1 fully saturated rings. The Morgan fingerprint density at radius 2 is 1.87 bits per heavy atom. The zero-order valence-corrected chi connectivity index (χ0v) is 16.6. The van der Waals surface area contributed by atoms with E-state index in [1.54, 1.807) is 37.5 Å². The molecule has 0 N–H and O–H groups in total. The zero-order valence-electron chi connectivity index (χ0n) is 16.6. The summed E-state index contributed by atoms with van der Waals surface area (Å²) in [6.07, 6.45) is 3.72. The van der Waals surface area contributed by atoms with Crippen molar-refractivity contribution < 1.29 is 27.8 Å². The molecule has 1 aliphatic heterocycles. The minimum atomic E-state index is -2.89. The van der Waals surface area contributed by atoms with Crippen LogP contribution in [0.5, 0.6) is 5.75 Å². The Morgan fingerprint density at radius 3 is 2.53 bits per heavy atom. The van der Waals surface area contributed by atoms with E-state index >= 15 is 0 Å². The third-order valence-corrected chi connectivity index (χ3v) is 4.73. The fourth-order valence-electron chi connectivity index (χ4n) is 3.19. The van der Waals surface area contributed by atoms with E-state index < -0.39 is 19.2 Å². The van der Waals surface area contributed by atoms with Gasteiger partial charge in [0.25, 0.3) is 5.91 Å². The second-order valence-corrected chi connectivity index (χ2v) is 6.92. The SMILES string of the molecule is CN(Cc1ccc(OC(F)F)cc1)C(=O)COC(=O)c1cccnc1N1CCCC1. The fraction of sp³-hybridized carbons (Fsp3) is 0.381. The molecule has 0 bridgehead atoms. The Kier molecular flexibility index (Phi) is 7.16. The molecule has 1 aliphatic rings. The van der Waals surface area contributed by atoms with E-state index in [2.05, 4.69) is 9.72 Å². The normalized spacial score (nSPS) is 13.4. The van der Waals surface area contributed by atoms with Crippen molar-refractivity contribution in [3.8, 4) is 5.75 Å². The monoisotopic (exact) mass is 419 g/mol. The quantitative estimate of drug-likeness (QED) is 0.613. The Hall–Kier alpha value is -3.23. The molecule has 0 aliphatic carbocycles. The van der Waals surface area contributed by atoms with Crippen molar-refractivity contribution in [1.29, 1.82) is 0 Å². The summed E-state index contributed by atoms with van der Waals surface area (Å²) in [6.45, 7) is -1.39. The van der Waals surface area contributed by atoms with Gasteiger partial charge in [0.1, 0.15) is 17.1 Å². The molecule has 7 nitrogen and oxygen atoms in total. The Bertz CT molecular complexity index is 871. The second-order valence-electron chi connectivity index (χ2n) is 6.92. The molecule has 0 spiro atoms. The highest BCUT2D eigenvalue weighted by molar-refractivity contribution is 5.96. The number of carbonyl (C=O) groups excluding carboxylic acids is 2. The van der Waals surface area contributed by atoms with Crippen LogP contribution in [-0.2, 0) is 16.1 Å². The summed E-state index contributed by atoms with van der Waals surface area (Å²) in [5.74, 6) is -0.364. The molecule has 1 amide bonds. The van der Waals surface area contributed by atoms with Crippen LogP contribution in [0.25, 0.3) is 0 Å². The third-order valence-electron chi connectivity index (χ3n) is 4.73. The van der Waals surface area contributed by atoms with Crippen LogP contribution in [0.15, 0.2) is 42.6 Å². The summed E-state index contributed by atoms with van der Waals surface area (Å²) < 4.78 is 33.9. The summed E-state index contributed by atoms with van der Waals surface area (Å²) in [7, 11) is 1.57. The van der Waals surface area contributed by atoms with E-state index in [0.717, 1.165) is 31.5 Å². The van der Waals surface area contributed by atoms with Gasteiger partial charge in [-0.2, -0.15) is 8.78 Å². The Morgan fingerprint density at radius 1 is 1.17 bits per heavy atom. The number of hydrogen-bond acceptors (Lipinski definition) is 6. The van der Waals surface area contributed by atoms with Crippen molar-refractivity contribution in [2.45, 2.75) is 26.0 Å². The summed E-state index contributed by atoms with van der Waals surface area (Å²) in [5, 5.41) is 0. The summed E-state index contributed by atoms with van der Waals surface area (Å²) in [6, 6.07) is 9.28. The molecule has 9 heteroatoms. The number of halogens is 2. The van der Waals surface area contributed by atoms with Crippen molar-refractivity contribution in [3.05, 3.63) is 53.7 Å². The van der Waals surface area contributed by atoms with Gasteiger partial charge in [0, 0.05) is 32.9 Å². The smallest absolute Gasteiger partial charge is 0.387 e. The number of aromatic nitrogens is 1. The maximum Gasteiger partial charge on any atom is 0.387 e. The number of nitrogens with zero attached hydrogens (tertiary/aromatic N) is 3. The molecular formula is C21H23F2N3O4. The number of benzene rings is 1. The highest BCUT2D eigenvalue weighted by Gasteiger charge is 2.22. The summed E-state index contributed by atoms with van der Waals surface area (Å²) in [4.78, 5) is 32.6. The average Bonchev–Trinajstić information content (AvgIpc) is 3.27. The number of hydrogen-bond donors (Lipinski definition) is 0. The van der Waals surface area contributed by atoms with Crippen molar-refractivity contribution in [2.24, 2.45) is 0 Å². The molecule has 1 saturated heterocycles. The van der Waals surface area contributed by atoms with Crippen LogP contribution in [0.3, 0.4) is 0 Å². The van der Waals surface area contributed by atoms with Gasteiger partial charge < -0.3 is 19.3 Å². The van der Waals surface area contributed by atoms with Gasteiger partial charge in [0.05, 0.1) is 0 Å². The van der Waals surface area contributed by atoms with E-state index in [4.69, 9.17) is 4.74 Å². The van der Waals surface area contributed by atoms with E-state index in [0.29, 0.717) is 11.4 Å². The highest BCUT2D eigenvalue weighted by Crippen LogP contribution is 2.22. The van der Waals surface area contributed by atoms with Gasteiger partial charge in [0.2, 0.25) is 0 Å². The van der Waals surface area contributed by atoms with Gasteiger partial charge in [-0.05, 0) is 42.7 Å². The van der Waals surface area contributed by atoms with Crippen molar-refractivity contribution in [1.82, 2.24) is 9.88 Å². The Labute approximate surface area is 173 Å². The minimum absolute atomic E-state index is 0.0435. The van der Waals surface area contributed by atoms with Crippen molar-refractivity contribution in [3.63, 3.8) is 0 Å². The van der Waals surface area contributed by atoms with Gasteiger partial charge in [-0.1, -0.05) is 12.1 Å². The predicted molar refractivity (Wildman–Crippen MR) is 106 cm³/mol. The van der Waals surface area contributed by atoms with E-state index in [1.807, 2.05) is 4.90 Å². The molecular weight excluding hydrogens is 396 g/mol. The fourth-order valence-corrected chi connectivity index (χ4v) is 3.19. The van der Waals surface area contributed by atoms with Gasteiger partial charge in [-0.15, -0.1) is 0 Å². The van der Waals surface area contributed by atoms with E-state index in [-0.39, 0.29) is 18.2 Å². The largest absolute Gasteiger partial charge is 0.452 e. The summed E-state index contributed by atoms with van der Waals surface area (Å²) in [5.41, 5.74) is 1.06. The van der Waals surface area contributed by atoms with E-state index in [9.17, 15) is 18.4 Å². The number of alkyl halides is 2. The Balaban J connectivity index is 1.53. The maximum atomic E-state index is 12.5. The van der Waals surface area contributed by atoms with Gasteiger partial charge in [0.15, 0.2) is 6.61 Å². The number of likely N-dealkylation sites (N-methyl/N-ethyl adjacent to an activating group) is 1. The number of carbonyl (C=O) groups is 2. The predicted octanol–water partition coefficient (Wildman–Crippen LogP) is 3.10. The van der Waals surface area contributed by atoms with Gasteiger partial charge in [-0.25, -0.2) is 9.78 Å². The third kappa shape index (κ3) is 5.65. The van der Waals surface area contributed by atoms with Gasteiger partial charge >= 0.3 is 12.6 Å². The lowest BCUT2D eigenvalue weighted by Crippen LogP contribution is -2.31. The molecule has 1 aromatic heterocycles. The first-order valence-electron chi connectivity index (χ1n) is 9.59. The average molecular weight is 419 g/mol. The van der Waals surface area contributed by atoms with Crippen LogP contribution in [0.2, 0.25) is 0 Å². The van der Waals surface area contributed by atoms with Crippen LogP contribution in [0, 0.1) is 0 Å². The molecule has 0 unspecified atom stereocenters. The van der Waals surface area contributed by atoms with Gasteiger partial charge in [-0.3, -0.25) is 4.79 Å². The maximum absolute atomic E-state index is 12.5. The number of rotatable bonds is 8. The molecule has 0 atom stereocenters. The number of pyridine rings is 1. The number of anilines is 1. The zero-order chi connectivity index (χ0) is 21.5.